The van der Waals surface area contributed by atoms with E-state index in [9.17, 15) is 9.90 Å². The third-order valence-electron chi connectivity index (χ3n) is 3.06. The van der Waals surface area contributed by atoms with Crippen LogP contribution in [0.3, 0.4) is 0 Å². The van der Waals surface area contributed by atoms with Crippen LogP contribution in [-0.2, 0) is 0 Å². The van der Waals surface area contributed by atoms with Crippen LogP contribution < -0.4 is 4.74 Å². The first-order chi connectivity index (χ1) is 10.6. The van der Waals surface area contributed by atoms with E-state index in [0.29, 0.717) is 20.9 Å². The first kappa shape index (κ1) is 14.6. The zero-order chi connectivity index (χ0) is 15.7. The highest BCUT2D eigenvalue weighted by atomic mass is 35.5. The molecule has 0 saturated heterocycles. The predicted octanol–water partition coefficient (Wildman–Crippen LogP) is 4.47. The molecule has 0 fully saturated rings. The molecule has 3 rings (SSSR count). The van der Waals surface area contributed by atoms with Crippen molar-refractivity contribution in [1.82, 2.24) is 4.98 Å². The van der Waals surface area contributed by atoms with Crippen LogP contribution in [0.1, 0.15) is 10.4 Å². The zero-order valence-electron chi connectivity index (χ0n) is 11.1. The summed E-state index contributed by atoms with van der Waals surface area (Å²) in [6.45, 7) is 0. The largest absolute Gasteiger partial charge is 0.507 e. The van der Waals surface area contributed by atoms with Gasteiger partial charge in [-0.05, 0) is 42.5 Å². The summed E-state index contributed by atoms with van der Waals surface area (Å²) in [5.74, 6) is -0.681. The van der Waals surface area contributed by atoms with E-state index >= 15 is 0 Å². The van der Waals surface area contributed by atoms with Crippen LogP contribution in [0, 0.1) is 0 Å². The number of nitrogens with zero attached hydrogens (tertiary/aromatic N) is 1. The van der Waals surface area contributed by atoms with Gasteiger partial charge in [-0.1, -0.05) is 23.2 Å². The second kappa shape index (κ2) is 5.83. The van der Waals surface area contributed by atoms with Gasteiger partial charge in [0.25, 0.3) is 0 Å². The minimum atomic E-state index is -0.728. The van der Waals surface area contributed by atoms with Crippen molar-refractivity contribution in [3.05, 3.63) is 64.3 Å². The summed E-state index contributed by atoms with van der Waals surface area (Å²) < 4.78 is 5.33. The number of rotatable bonds is 2. The number of phenols is 1. The number of benzene rings is 2. The Balaban J connectivity index is 2.02. The fourth-order valence-electron chi connectivity index (χ4n) is 2.02. The Hall–Kier alpha value is -2.30. The second-order valence-corrected chi connectivity index (χ2v) is 5.34. The topological polar surface area (TPSA) is 59.4 Å². The van der Waals surface area contributed by atoms with E-state index in [1.54, 1.807) is 30.5 Å². The van der Waals surface area contributed by atoms with Gasteiger partial charge in [0.1, 0.15) is 16.8 Å². The van der Waals surface area contributed by atoms with E-state index in [1.807, 2.05) is 0 Å². The first-order valence-corrected chi connectivity index (χ1v) is 7.06. The molecule has 0 spiro atoms. The Morgan fingerprint density at radius 1 is 1.14 bits per heavy atom. The van der Waals surface area contributed by atoms with Gasteiger partial charge in [-0.15, -0.1) is 0 Å². The van der Waals surface area contributed by atoms with E-state index in [0.717, 1.165) is 0 Å². The summed E-state index contributed by atoms with van der Waals surface area (Å²) in [6.07, 6.45) is 1.58. The van der Waals surface area contributed by atoms with Gasteiger partial charge in [-0.3, -0.25) is 4.98 Å². The van der Waals surface area contributed by atoms with E-state index in [2.05, 4.69) is 4.98 Å². The highest BCUT2D eigenvalue weighted by Crippen LogP contribution is 2.31. The van der Waals surface area contributed by atoms with Gasteiger partial charge >= 0.3 is 5.97 Å². The molecular formula is C16H9Cl2NO3. The molecule has 0 aliphatic carbocycles. The Labute approximate surface area is 135 Å². The number of hydrogen-bond acceptors (Lipinski definition) is 4. The van der Waals surface area contributed by atoms with Gasteiger partial charge in [0.05, 0.1) is 5.02 Å². The number of aromatic nitrogens is 1. The van der Waals surface area contributed by atoms with Crippen LogP contribution in [0.2, 0.25) is 10.0 Å². The van der Waals surface area contributed by atoms with Crippen molar-refractivity contribution in [2.75, 3.05) is 0 Å². The molecule has 4 nitrogen and oxygen atoms in total. The number of halogens is 2. The molecule has 3 aromatic rings. The van der Waals surface area contributed by atoms with E-state index in [-0.39, 0.29) is 17.1 Å². The Morgan fingerprint density at radius 3 is 2.77 bits per heavy atom. The third-order valence-corrected chi connectivity index (χ3v) is 3.63. The van der Waals surface area contributed by atoms with Crippen molar-refractivity contribution < 1.29 is 14.6 Å². The van der Waals surface area contributed by atoms with Crippen molar-refractivity contribution >= 4 is 40.1 Å². The van der Waals surface area contributed by atoms with Crippen molar-refractivity contribution in [3.8, 4) is 11.5 Å². The SMILES string of the molecule is O=C(Oc1ccc(Cl)c2cccnc12)c1cc(Cl)ccc1O. The lowest BCUT2D eigenvalue weighted by Gasteiger charge is -2.09. The van der Waals surface area contributed by atoms with Crippen LogP contribution >= 0.6 is 23.2 Å². The van der Waals surface area contributed by atoms with Crippen LogP contribution in [0.5, 0.6) is 11.5 Å². The molecule has 2 aromatic carbocycles. The highest BCUT2D eigenvalue weighted by Gasteiger charge is 2.16. The average molecular weight is 334 g/mol. The third kappa shape index (κ3) is 2.71. The van der Waals surface area contributed by atoms with Gasteiger partial charge in [-0.2, -0.15) is 0 Å². The molecule has 1 heterocycles. The number of aromatic hydroxyl groups is 1. The number of pyridine rings is 1. The number of ether oxygens (including phenoxy) is 1. The summed E-state index contributed by atoms with van der Waals surface area (Å²) in [7, 11) is 0. The molecule has 0 aliphatic rings. The number of hydrogen-bond donors (Lipinski definition) is 1. The van der Waals surface area contributed by atoms with Gasteiger partial charge in [0, 0.05) is 16.6 Å². The maximum absolute atomic E-state index is 12.2. The standard InChI is InChI=1S/C16H9Cl2NO3/c17-9-3-5-13(20)11(8-9)16(21)22-14-6-4-12(18)10-2-1-7-19-15(10)14/h1-8,20H. The average Bonchev–Trinajstić information content (AvgIpc) is 2.52. The lowest BCUT2D eigenvalue weighted by Crippen LogP contribution is -2.09. The molecule has 0 atom stereocenters. The molecule has 0 unspecified atom stereocenters. The molecule has 0 radical (unpaired) electrons. The molecule has 0 aliphatic heterocycles. The molecule has 0 saturated carbocycles. The number of phenolic OH excluding ortho intramolecular Hbond substituents is 1. The first-order valence-electron chi connectivity index (χ1n) is 6.30. The van der Waals surface area contributed by atoms with E-state index in [1.165, 1.54) is 18.2 Å². The number of carbonyl (C=O) groups is 1. The van der Waals surface area contributed by atoms with Crippen molar-refractivity contribution in [2.24, 2.45) is 0 Å². The zero-order valence-corrected chi connectivity index (χ0v) is 12.6. The second-order valence-electron chi connectivity index (χ2n) is 4.50. The minimum absolute atomic E-state index is 0.0217. The van der Waals surface area contributed by atoms with Gasteiger partial charge in [0.15, 0.2) is 5.75 Å². The Bertz CT molecular complexity index is 880. The van der Waals surface area contributed by atoms with E-state index in [4.69, 9.17) is 27.9 Å². The predicted molar refractivity (Wildman–Crippen MR) is 84.8 cm³/mol. The normalized spacial score (nSPS) is 10.6. The quantitative estimate of drug-likeness (QED) is 0.555. The van der Waals surface area contributed by atoms with Crippen LogP contribution in [0.25, 0.3) is 10.9 Å². The molecule has 6 heteroatoms. The highest BCUT2D eigenvalue weighted by molar-refractivity contribution is 6.35. The number of carbonyl (C=O) groups excluding carboxylic acids is 1. The fraction of sp³-hybridized carbons (Fsp3) is 0. The number of fused-ring (bicyclic) bond motifs is 1. The van der Waals surface area contributed by atoms with Crippen molar-refractivity contribution in [3.63, 3.8) is 0 Å². The summed E-state index contributed by atoms with van der Waals surface area (Å²) in [6, 6.07) is 10.8. The molecular weight excluding hydrogens is 325 g/mol. The van der Waals surface area contributed by atoms with Gasteiger partial charge in [0.2, 0.25) is 0 Å². The number of esters is 1. The minimum Gasteiger partial charge on any atom is -0.507 e. The maximum atomic E-state index is 12.2. The van der Waals surface area contributed by atoms with Gasteiger partial charge in [-0.25, -0.2) is 4.79 Å². The molecule has 1 aromatic heterocycles. The summed E-state index contributed by atoms with van der Waals surface area (Å²) in [5, 5.41) is 11.2. The summed E-state index contributed by atoms with van der Waals surface area (Å²) in [4.78, 5) is 16.4. The molecule has 0 bridgehead atoms. The van der Waals surface area contributed by atoms with Crippen LogP contribution in [-0.4, -0.2) is 16.1 Å². The summed E-state index contributed by atoms with van der Waals surface area (Å²) >= 11 is 11.9. The Kier molecular flexibility index (Phi) is 3.88. The molecule has 110 valence electrons. The molecule has 0 amide bonds. The van der Waals surface area contributed by atoms with Crippen molar-refractivity contribution in [1.29, 1.82) is 0 Å². The Morgan fingerprint density at radius 2 is 1.95 bits per heavy atom. The van der Waals surface area contributed by atoms with Crippen LogP contribution in [0.4, 0.5) is 0 Å². The lowest BCUT2D eigenvalue weighted by atomic mass is 10.2. The van der Waals surface area contributed by atoms with E-state index < -0.39 is 5.97 Å². The fourth-order valence-corrected chi connectivity index (χ4v) is 2.41. The monoisotopic (exact) mass is 333 g/mol. The van der Waals surface area contributed by atoms with Crippen LogP contribution in [0.15, 0.2) is 48.7 Å². The van der Waals surface area contributed by atoms with Gasteiger partial charge < -0.3 is 9.84 Å². The molecule has 22 heavy (non-hydrogen) atoms. The lowest BCUT2D eigenvalue weighted by molar-refractivity contribution is 0.0733. The maximum Gasteiger partial charge on any atom is 0.347 e. The van der Waals surface area contributed by atoms with Crippen molar-refractivity contribution in [2.45, 2.75) is 0 Å². The summed E-state index contributed by atoms with van der Waals surface area (Å²) in [5.41, 5.74) is 0.441. The smallest absolute Gasteiger partial charge is 0.347 e. The molecule has 1 N–H and O–H groups in total.